The Labute approximate surface area is 121 Å². The molecule has 0 atom stereocenters. The summed E-state index contributed by atoms with van der Waals surface area (Å²) in [6, 6.07) is 7.83. The number of carbonyl (C=O) groups is 1. The lowest BCUT2D eigenvalue weighted by Gasteiger charge is -2.03. The first-order chi connectivity index (χ1) is 9.69. The van der Waals surface area contributed by atoms with E-state index in [0.29, 0.717) is 11.6 Å². The Morgan fingerprint density at radius 1 is 1.25 bits per heavy atom. The maximum absolute atomic E-state index is 12.2. The highest BCUT2D eigenvalue weighted by atomic mass is 32.2. The number of Topliss-reactive ketones (excluding diaryl/α,β-unsaturated/α-hetero) is 1. The molecule has 0 unspecified atom stereocenters. The van der Waals surface area contributed by atoms with E-state index in [4.69, 9.17) is 0 Å². The molecule has 1 aliphatic carbocycles. The fourth-order valence-electron chi connectivity index (χ4n) is 2.20. The predicted octanol–water partition coefficient (Wildman–Crippen LogP) is 2.59. The number of hydrogen-bond acceptors (Lipinski definition) is 3. The zero-order chi connectivity index (χ0) is 14.1. The standard InChI is InChI=1S/C15H16N2O2S/c1-20-13-6-2-11(3-7-13)14(18)10-16-8-9-17(15(16)19)12-4-5-12/h2-3,6-9,12H,4-5,10H2,1H3. The second kappa shape index (κ2) is 5.32. The van der Waals surface area contributed by atoms with E-state index in [1.54, 1.807) is 28.7 Å². The Morgan fingerprint density at radius 2 is 1.95 bits per heavy atom. The predicted molar refractivity (Wildman–Crippen MR) is 79.5 cm³/mol. The molecule has 4 nitrogen and oxygen atoms in total. The van der Waals surface area contributed by atoms with Crippen LogP contribution in [0.3, 0.4) is 0 Å². The molecule has 0 aliphatic heterocycles. The molecule has 0 amide bonds. The van der Waals surface area contributed by atoms with Crippen molar-refractivity contribution in [1.82, 2.24) is 9.13 Å². The van der Waals surface area contributed by atoms with E-state index in [9.17, 15) is 9.59 Å². The summed E-state index contributed by atoms with van der Waals surface area (Å²) >= 11 is 1.64. The summed E-state index contributed by atoms with van der Waals surface area (Å²) in [5.41, 5.74) is 0.565. The summed E-state index contributed by atoms with van der Waals surface area (Å²) < 4.78 is 3.22. The van der Waals surface area contributed by atoms with Crippen LogP contribution in [0.4, 0.5) is 0 Å². The van der Waals surface area contributed by atoms with Gasteiger partial charge in [-0.05, 0) is 31.2 Å². The van der Waals surface area contributed by atoms with E-state index in [0.717, 1.165) is 17.7 Å². The number of hydrogen-bond donors (Lipinski definition) is 0. The third-order valence-electron chi connectivity index (χ3n) is 3.54. The van der Waals surface area contributed by atoms with Crippen LogP contribution < -0.4 is 5.69 Å². The Morgan fingerprint density at radius 3 is 2.55 bits per heavy atom. The van der Waals surface area contributed by atoms with Crippen LogP contribution in [0.2, 0.25) is 0 Å². The molecule has 0 spiro atoms. The van der Waals surface area contributed by atoms with Gasteiger partial charge in [0.2, 0.25) is 0 Å². The maximum Gasteiger partial charge on any atom is 0.328 e. The molecule has 1 fully saturated rings. The van der Waals surface area contributed by atoms with Gasteiger partial charge < -0.3 is 0 Å². The van der Waals surface area contributed by atoms with Crippen molar-refractivity contribution >= 4 is 17.5 Å². The highest BCUT2D eigenvalue weighted by Crippen LogP contribution is 2.33. The van der Waals surface area contributed by atoms with Crippen molar-refractivity contribution in [3.8, 4) is 0 Å². The smallest absolute Gasteiger partial charge is 0.296 e. The number of benzene rings is 1. The lowest BCUT2D eigenvalue weighted by atomic mass is 10.1. The molecule has 104 valence electrons. The largest absolute Gasteiger partial charge is 0.328 e. The van der Waals surface area contributed by atoms with Crippen LogP contribution in [-0.4, -0.2) is 21.2 Å². The minimum absolute atomic E-state index is 0.0340. The summed E-state index contributed by atoms with van der Waals surface area (Å²) in [7, 11) is 0. The molecule has 1 heterocycles. The van der Waals surface area contributed by atoms with Crippen molar-refractivity contribution < 1.29 is 4.79 Å². The van der Waals surface area contributed by atoms with E-state index < -0.39 is 0 Å². The van der Waals surface area contributed by atoms with E-state index in [2.05, 4.69) is 0 Å². The van der Waals surface area contributed by atoms with Gasteiger partial charge in [-0.15, -0.1) is 11.8 Å². The highest BCUT2D eigenvalue weighted by Gasteiger charge is 2.25. The number of ketones is 1. The maximum atomic E-state index is 12.2. The number of nitrogens with zero attached hydrogens (tertiary/aromatic N) is 2. The van der Waals surface area contributed by atoms with Gasteiger partial charge in [-0.3, -0.25) is 13.9 Å². The zero-order valence-corrected chi connectivity index (χ0v) is 12.1. The van der Waals surface area contributed by atoms with Gasteiger partial charge in [-0.2, -0.15) is 0 Å². The second-order valence-electron chi connectivity index (χ2n) is 5.00. The number of carbonyl (C=O) groups excluding carboxylic acids is 1. The van der Waals surface area contributed by atoms with Gasteiger partial charge in [0.05, 0.1) is 6.54 Å². The quantitative estimate of drug-likeness (QED) is 0.627. The molecule has 2 aromatic rings. The van der Waals surface area contributed by atoms with Gasteiger partial charge in [0.25, 0.3) is 0 Å². The van der Waals surface area contributed by atoms with Crippen molar-refractivity contribution in [2.45, 2.75) is 30.3 Å². The minimum atomic E-state index is -0.0819. The topological polar surface area (TPSA) is 44.0 Å². The van der Waals surface area contributed by atoms with Gasteiger partial charge in [-0.1, -0.05) is 12.1 Å². The van der Waals surface area contributed by atoms with Crippen LogP contribution in [0.15, 0.2) is 46.3 Å². The number of rotatable bonds is 5. The van der Waals surface area contributed by atoms with Crippen LogP contribution in [0.1, 0.15) is 29.2 Å². The Balaban J connectivity index is 1.76. The molecule has 5 heteroatoms. The second-order valence-corrected chi connectivity index (χ2v) is 5.88. The summed E-state index contributed by atoms with van der Waals surface area (Å²) in [4.78, 5) is 25.4. The SMILES string of the molecule is CSc1ccc(C(=O)Cn2ccn(C3CC3)c2=O)cc1. The molecule has 0 N–H and O–H groups in total. The number of thioether (sulfide) groups is 1. The Hall–Kier alpha value is -1.75. The first-order valence-electron chi connectivity index (χ1n) is 6.63. The normalized spacial score (nSPS) is 14.4. The van der Waals surface area contributed by atoms with Gasteiger partial charge in [0, 0.05) is 28.9 Å². The lowest BCUT2D eigenvalue weighted by Crippen LogP contribution is -2.26. The van der Waals surface area contributed by atoms with E-state index in [-0.39, 0.29) is 18.0 Å². The average molecular weight is 288 g/mol. The van der Waals surface area contributed by atoms with Gasteiger partial charge in [-0.25, -0.2) is 4.79 Å². The molecular formula is C15H16N2O2S. The molecular weight excluding hydrogens is 272 g/mol. The highest BCUT2D eigenvalue weighted by molar-refractivity contribution is 7.98. The molecule has 1 saturated carbocycles. The molecule has 0 bridgehead atoms. The fourth-order valence-corrected chi connectivity index (χ4v) is 2.61. The molecule has 0 radical (unpaired) electrons. The monoisotopic (exact) mass is 288 g/mol. The molecule has 0 saturated heterocycles. The third kappa shape index (κ3) is 2.58. The van der Waals surface area contributed by atoms with Crippen molar-refractivity contribution in [3.63, 3.8) is 0 Å². The number of aromatic nitrogens is 2. The van der Waals surface area contributed by atoms with Crippen molar-refractivity contribution in [1.29, 1.82) is 0 Å². The van der Waals surface area contributed by atoms with Crippen molar-refractivity contribution in [2.75, 3.05) is 6.26 Å². The minimum Gasteiger partial charge on any atom is -0.296 e. The summed E-state index contributed by atoms with van der Waals surface area (Å²) in [6.07, 6.45) is 7.61. The van der Waals surface area contributed by atoms with Crippen LogP contribution in [0.5, 0.6) is 0 Å². The fraction of sp³-hybridized carbons (Fsp3) is 0.333. The van der Waals surface area contributed by atoms with Crippen molar-refractivity contribution in [2.24, 2.45) is 0 Å². The van der Waals surface area contributed by atoms with E-state index >= 15 is 0 Å². The third-order valence-corrected chi connectivity index (χ3v) is 4.28. The van der Waals surface area contributed by atoms with Crippen LogP contribution in [0.25, 0.3) is 0 Å². The van der Waals surface area contributed by atoms with E-state index in [1.807, 2.05) is 30.5 Å². The average Bonchev–Trinajstić information content (AvgIpc) is 3.25. The van der Waals surface area contributed by atoms with Gasteiger partial charge >= 0.3 is 5.69 Å². The van der Waals surface area contributed by atoms with Crippen LogP contribution >= 0.6 is 11.8 Å². The molecule has 20 heavy (non-hydrogen) atoms. The van der Waals surface area contributed by atoms with Crippen molar-refractivity contribution in [3.05, 3.63) is 52.7 Å². The molecule has 1 aliphatic rings. The zero-order valence-electron chi connectivity index (χ0n) is 11.3. The van der Waals surface area contributed by atoms with Gasteiger partial charge in [0.1, 0.15) is 0 Å². The Bertz CT molecular complexity index is 681. The summed E-state index contributed by atoms with van der Waals surface area (Å²) in [5, 5.41) is 0. The first kappa shape index (κ1) is 13.2. The molecule has 3 rings (SSSR count). The molecule has 1 aromatic carbocycles. The van der Waals surface area contributed by atoms with E-state index in [1.165, 1.54) is 4.57 Å². The van der Waals surface area contributed by atoms with Gasteiger partial charge in [0.15, 0.2) is 5.78 Å². The molecule has 1 aromatic heterocycles. The Kier molecular flexibility index (Phi) is 3.53. The summed E-state index contributed by atoms with van der Waals surface area (Å²) in [5.74, 6) is -0.0340. The summed E-state index contributed by atoms with van der Waals surface area (Å²) in [6.45, 7) is 0.108. The van der Waals surface area contributed by atoms with Crippen LogP contribution in [-0.2, 0) is 6.54 Å². The number of imidazole rings is 1. The first-order valence-corrected chi connectivity index (χ1v) is 7.86. The lowest BCUT2D eigenvalue weighted by molar-refractivity contribution is 0.0970. The van der Waals surface area contributed by atoms with Crippen LogP contribution in [0, 0.1) is 0 Å².